The van der Waals surface area contributed by atoms with Crippen LogP contribution in [0.5, 0.6) is 0 Å². The average Bonchev–Trinajstić information content (AvgIpc) is 1.80. The number of carbonyl (C=O) groups is 1. The van der Waals surface area contributed by atoms with Crippen LogP contribution in [0.4, 0.5) is 0 Å². The fraction of sp³-hybridized carbons (Fsp3) is 0.600. The van der Waals surface area contributed by atoms with Crippen molar-refractivity contribution in [2.75, 3.05) is 6.61 Å². The number of aliphatic hydroxyl groups excluding tert-OH is 1. The first-order valence-electron chi connectivity index (χ1n) is 2.66. The summed E-state index contributed by atoms with van der Waals surface area (Å²) in [7, 11) is 0. The van der Waals surface area contributed by atoms with Crippen LogP contribution in [-0.2, 0) is 4.79 Å². The molecule has 0 aliphatic heterocycles. The maximum Gasteiger partial charge on any atom is 0.236 e. The second-order valence-corrected chi connectivity index (χ2v) is 1.49. The van der Waals surface area contributed by atoms with Crippen molar-refractivity contribution in [3.05, 3.63) is 0 Å². The summed E-state index contributed by atoms with van der Waals surface area (Å²) in [4.78, 5) is 10.1. The summed E-state index contributed by atoms with van der Waals surface area (Å²) in [5.41, 5.74) is 2.20. The normalized spacial score (nSPS) is 10.0. The third-order valence-corrected chi connectivity index (χ3v) is 0.571. The number of nitrogens with one attached hydrogen (secondary N) is 1. The maximum absolute atomic E-state index is 10.1. The van der Waals surface area contributed by atoms with E-state index in [-0.39, 0.29) is 12.5 Å². The standard InChI is InChI=1S/C5H10N2O2/c1-5(9)7-6-3-2-4-8/h3,8H,2,4H2,1H3,(H,7,9). The van der Waals surface area contributed by atoms with Gasteiger partial charge in [0.2, 0.25) is 5.91 Å². The number of hydrazone groups is 1. The highest BCUT2D eigenvalue weighted by atomic mass is 16.3. The van der Waals surface area contributed by atoms with Crippen LogP contribution in [0.15, 0.2) is 5.10 Å². The van der Waals surface area contributed by atoms with Crippen molar-refractivity contribution >= 4 is 12.1 Å². The summed E-state index contributed by atoms with van der Waals surface area (Å²) >= 11 is 0. The van der Waals surface area contributed by atoms with Gasteiger partial charge >= 0.3 is 0 Å². The molecule has 0 bridgehead atoms. The van der Waals surface area contributed by atoms with Gasteiger partial charge in [-0.25, -0.2) is 5.43 Å². The Labute approximate surface area is 53.6 Å². The molecule has 0 aliphatic carbocycles. The fourth-order valence-electron chi connectivity index (χ4n) is 0.259. The van der Waals surface area contributed by atoms with Crippen molar-refractivity contribution in [2.45, 2.75) is 13.3 Å². The van der Waals surface area contributed by atoms with Gasteiger partial charge in [0.1, 0.15) is 0 Å². The molecule has 0 aromatic heterocycles. The lowest BCUT2D eigenvalue weighted by atomic mass is 10.5. The van der Waals surface area contributed by atoms with E-state index in [0.29, 0.717) is 6.42 Å². The molecular formula is C5H10N2O2. The van der Waals surface area contributed by atoms with E-state index < -0.39 is 0 Å². The minimum absolute atomic E-state index is 0.0586. The van der Waals surface area contributed by atoms with Crippen LogP contribution in [0.25, 0.3) is 0 Å². The zero-order chi connectivity index (χ0) is 7.11. The van der Waals surface area contributed by atoms with Crippen LogP contribution in [-0.4, -0.2) is 23.8 Å². The minimum Gasteiger partial charge on any atom is -0.396 e. The van der Waals surface area contributed by atoms with E-state index in [1.807, 2.05) is 0 Å². The highest BCUT2D eigenvalue weighted by molar-refractivity contribution is 5.73. The molecule has 0 aromatic carbocycles. The Morgan fingerprint density at radius 1 is 1.89 bits per heavy atom. The van der Waals surface area contributed by atoms with Gasteiger partial charge in [-0.3, -0.25) is 4.79 Å². The Morgan fingerprint density at radius 2 is 2.56 bits per heavy atom. The first kappa shape index (κ1) is 8.10. The second-order valence-electron chi connectivity index (χ2n) is 1.49. The lowest BCUT2D eigenvalue weighted by molar-refractivity contribution is -0.118. The first-order chi connectivity index (χ1) is 4.27. The van der Waals surface area contributed by atoms with E-state index in [0.717, 1.165) is 0 Å². The lowest BCUT2D eigenvalue weighted by Crippen LogP contribution is -2.12. The van der Waals surface area contributed by atoms with Crippen LogP contribution in [0, 0.1) is 0 Å². The predicted octanol–water partition coefficient (Wildman–Crippen LogP) is -0.509. The summed E-state index contributed by atoms with van der Waals surface area (Å²) in [6.45, 7) is 1.43. The summed E-state index contributed by atoms with van der Waals surface area (Å²) in [6.07, 6.45) is 1.92. The smallest absolute Gasteiger partial charge is 0.236 e. The van der Waals surface area contributed by atoms with Crippen molar-refractivity contribution in [3.8, 4) is 0 Å². The number of hydrogen-bond acceptors (Lipinski definition) is 3. The highest BCUT2D eigenvalue weighted by Crippen LogP contribution is 1.67. The van der Waals surface area contributed by atoms with E-state index in [2.05, 4.69) is 10.5 Å². The van der Waals surface area contributed by atoms with E-state index in [9.17, 15) is 4.79 Å². The Bertz CT molecular complexity index is 112. The molecule has 9 heavy (non-hydrogen) atoms. The summed E-state index contributed by atoms with van der Waals surface area (Å²) in [6, 6.07) is 0. The molecule has 0 heterocycles. The molecule has 0 aliphatic rings. The van der Waals surface area contributed by atoms with E-state index >= 15 is 0 Å². The SMILES string of the molecule is CC(=O)NN=CCCO. The summed E-state index contributed by atoms with van der Waals surface area (Å²) < 4.78 is 0. The van der Waals surface area contributed by atoms with Crippen LogP contribution in [0.2, 0.25) is 0 Å². The Hall–Kier alpha value is -0.900. The Balaban J connectivity index is 3.14. The van der Waals surface area contributed by atoms with Gasteiger partial charge < -0.3 is 5.11 Å². The van der Waals surface area contributed by atoms with Gasteiger partial charge in [-0.2, -0.15) is 5.10 Å². The molecule has 0 atom stereocenters. The van der Waals surface area contributed by atoms with Gasteiger partial charge in [0, 0.05) is 26.2 Å². The number of carbonyl (C=O) groups excluding carboxylic acids is 1. The molecule has 52 valence electrons. The number of amides is 1. The molecule has 0 saturated heterocycles. The Kier molecular flexibility index (Phi) is 4.72. The Morgan fingerprint density at radius 3 is 3.00 bits per heavy atom. The summed E-state index contributed by atoms with van der Waals surface area (Å²) in [5, 5.41) is 11.7. The highest BCUT2D eigenvalue weighted by Gasteiger charge is 1.81. The average molecular weight is 130 g/mol. The number of aliphatic hydroxyl groups is 1. The minimum atomic E-state index is -0.204. The van der Waals surface area contributed by atoms with Gasteiger partial charge in [0.05, 0.1) is 0 Å². The molecule has 2 N–H and O–H groups in total. The molecule has 0 unspecified atom stereocenters. The summed E-state index contributed by atoms with van der Waals surface area (Å²) in [5.74, 6) is -0.204. The van der Waals surface area contributed by atoms with Crippen molar-refractivity contribution in [2.24, 2.45) is 5.10 Å². The maximum atomic E-state index is 10.1. The van der Waals surface area contributed by atoms with Crippen molar-refractivity contribution in [1.29, 1.82) is 0 Å². The molecule has 0 fully saturated rings. The van der Waals surface area contributed by atoms with Crippen LogP contribution >= 0.6 is 0 Å². The predicted molar refractivity (Wildman–Crippen MR) is 34.0 cm³/mol. The third kappa shape index (κ3) is 7.10. The largest absolute Gasteiger partial charge is 0.396 e. The van der Waals surface area contributed by atoms with Crippen molar-refractivity contribution < 1.29 is 9.90 Å². The molecule has 1 amide bonds. The molecule has 4 heteroatoms. The van der Waals surface area contributed by atoms with Gasteiger partial charge in [-0.1, -0.05) is 0 Å². The van der Waals surface area contributed by atoms with Crippen LogP contribution in [0.1, 0.15) is 13.3 Å². The van der Waals surface area contributed by atoms with E-state index in [1.54, 1.807) is 0 Å². The molecule has 0 spiro atoms. The molecule has 0 aromatic rings. The lowest BCUT2D eigenvalue weighted by Gasteiger charge is -1.88. The van der Waals surface area contributed by atoms with E-state index in [1.165, 1.54) is 13.1 Å². The van der Waals surface area contributed by atoms with Crippen LogP contribution < -0.4 is 5.43 Å². The zero-order valence-electron chi connectivity index (χ0n) is 5.29. The monoisotopic (exact) mass is 130 g/mol. The first-order valence-corrected chi connectivity index (χ1v) is 2.66. The third-order valence-electron chi connectivity index (χ3n) is 0.571. The van der Waals surface area contributed by atoms with Gasteiger partial charge in [0.25, 0.3) is 0 Å². The van der Waals surface area contributed by atoms with Gasteiger partial charge in [-0.05, 0) is 0 Å². The fourth-order valence-corrected chi connectivity index (χ4v) is 0.259. The van der Waals surface area contributed by atoms with Crippen molar-refractivity contribution in [1.82, 2.24) is 5.43 Å². The molecule has 0 saturated carbocycles. The topological polar surface area (TPSA) is 61.7 Å². The number of hydrogen-bond donors (Lipinski definition) is 2. The quantitative estimate of drug-likeness (QED) is 0.399. The van der Waals surface area contributed by atoms with Gasteiger partial charge in [0.15, 0.2) is 0 Å². The zero-order valence-corrected chi connectivity index (χ0v) is 5.29. The molecule has 0 rings (SSSR count). The van der Waals surface area contributed by atoms with Crippen molar-refractivity contribution in [3.63, 3.8) is 0 Å². The molecule has 0 radical (unpaired) electrons. The molecular weight excluding hydrogens is 120 g/mol. The number of nitrogens with zero attached hydrogens (tertiary/aromatic N) is 1. The van der Waals surface area contributed by atoms with Gasteiger partial charge in [-0.15, -0.1) is 0 Å². The molecule has 4 nitrogen and oxygen atoms in total. The second kappa shape index (κ2) is 5.24. The van der Waals surface area contributed by atoms with Crippen LogP contribution in [0.3, 0.4) is 0 Å². The number of rotatable bonds is 3. The van der Waals surface area contributed by atoms with E-state index in [4.69, 9.17) is 5.11 Å².